The third-order valence-corrected chi connectivity index (χ3v) is 6.68. The molecule has 3 heterocycles. The first-order valence-electron chi connectivity index (χ1n) is 11.7. The smallest absolute Gasteiger partial charge is 0.318 e. The first-order chi connectivity index (χ1) is 16.5. The third kappa shape index (κ3) is 5.10. The van der Waals surface area contributed by atoms with E-state index in [0.29, 0.717) is 34.7 Å². The van der Waals surface area contributed by atoms with Crippen molar-refractivity contribution in [2.45, 2.75) is 51.6 Å². The van der Waals surface area contributed by atoms with Crippen molar-refractivity contribution in [1.82, 2.24) is 29.6 Å². The quantitative estimate of drug-likeness (QED) is 0.418. The SMILES string of the molecule is CCN(C(=O)NC1CC1CCCCO)[C@H](C)c1cc(-c2cn3ccnc3c(Cl)n2)c(OC)cn1. The van der Waals surface area contributed by atoms with Crippen molar-refractivity contribution in [3.05, 3.63) is 41.7 Å². The summed E-state index contributed by atoms with van der Waals surface area (Å²) >= 11 is 6.35. The van der Waals surface area contributed by atoms with Crippen LogP contribution in [-0.4, -0.2) is 61.7 Å². The number of imidazole rings is 1. The van der Waals surface area contributed by atoms with E-state index in [1.165, 1.54) is 0 Å². The van der Waals surface area contributed by atoms with Crippen molar-refractivity contribution in [2.24, 2.45) is 5.92 Å². The highest BCUT2D eigenvalue weighted by molar-refractivity contribution is 6.32. The number of hydrogen-bond acceptors (Lipinski definition) is 6. The zero-order valence-electron chi connectivity index (χ0n) is 19.7. The van der Waals surface area contributed by atoms with Gasteiger partial charge in [-0.15, -0.1) is 0 Å². The van der Waals surface area contributed by atoms with Crippen LogP contribution in [0.15, 0.2) is 30.9 Å². The Balaban J connectivity index is 1.53. The summed E-state index contributed by atoms with van der Waals surface area (Å²) in [7, 11) is 1.58. The molecule has 1 fully saturated rings. The van der Waals surface area contributed by atoms with Gasteiger partial charge in [0.05, 0.1) is 30.7 Å². The van der Waals surface area contributed by atoms with Gasteiger partial charge in [-0.25, -0.2) is 14.8 Å². The number of aromatic nitrogens is 4. The fourth-order valence-electron chi connectivity index (χ4n) is 4.33. The number of urea groups is 1. The maximum Gasteiger partial charge on any atom is 0.318 e. The summed E-state index contributed by atoms with van der Waals surface area (Å²) in [4.78, 5) is 28.1. The summed E-state index contributed by atoms with van der Waals surface area (Å²) < 4.78 is 7.35. The number of methoxy groups -OCH3 is 1. The van der Waals surface area contributed by atoms with Crippen molar-refractivity contribution in [3.8, 4) is 17.0 Å². The molecule has 0 saturated heterocycles. The predicted molar refractivity (Wildman–Crippen MR) is 130 cm³/mol. The Morgan fingerprint density at radius 2 is 2.24 bits per heavy atom. The molecule has 0 radical (unpaired) electrons. The minimum Gasteiger partial charge on any atom is -0.494 e. The number of nitrogens with zero attached hydrogens (tertiary/aromatic N) is 5. The minimum absolute atomic E-state index is 0.0927. The molecule has 2 N–H and O–H groups in total. The van der Waals surface area contributed by atoms with Gasteiger partial charge in [0, 0.05) is 43.3 Å². The van der Waals surface area contributed by atoms with Gasteiger partial charge in [0.25, 0.3) is 0 Å². The van der Waals surface area contributed by atoms with E-state index < -0.39 is 0 Å². The van der Waals surface area contributed by atoms with Crippen LogP contribution in [0.4, 0.5) is 4.79 Å². The molecule has 2 amide bonds. The number of halogens is 1. The number of unbranched alkanes of at least 4 members (excludes halogenated alkanes) is 1. The topological polar surface area (TPSA) is 105 Å². The van der Waals surface area contributed by atoms with E-state index in [-0.39, 0.29) is 24.7 Å². The number of nitrogens with one attached hydrogen (secondary N) is 1. The molecule has 0 aliphatic heterocycles. The molecule has 4 rings (SSSR count). The lowest BCUT2D eigenvalue weighted by Gasteiger charge is -2.28. The second-order valence-electron chi connectivity index (χ2n) is 8.62. The lowest BCUT2D eigenvalue weighted by atomic mass is 10.1. The highest BCUT2D eigenvalue weighted by Gasteiger charge is 2.38. The molecule has 182 valence electrons. The summed E-state index contributed by atoms with van der Waals surface area (Å²) in [5.41, 5.74) is 2.67. The van der Waals surface area contributed by atoms with Crippen LogP contribution >= 0.6 is 11.6 Å². The van der Waals surface area contributed by atoms with Crippen LogP contribution in [0.2, 0.25) is 5.15 Å². The molecule has 0 bridgehead atoms. The fourth-order valence-corrected chi connectivity index (χ4v) is 4.57. The number of rotatable bonds is 10. The van der Waals surface area contributed by atoms with Gasteiger partial charge in [-0.1, -0.05) is 18.0 Å². The summed E-state index contributed by atoms with van der Waals surface area (Å²) in [6.45, 7) is 4.69. The number of hydrogen-bond donors (Lipinski definition) is 2. The van der Waals surface area contributed by atoms with Crippen LogP contribution < -0.4 is 10.1 Å². The molecular formula is C24H31ClN6O3. The number of ether oxygens (including phenoxy) is 1. The van der Waals surface area contributed by atoms with Crippen molar-refractivity contribution in [1.29, 1.82) is 0 Å². The zero-order valence-corrected chi connectivity index (χ0v) is 20.5. The first-order valence-corrected chi connectivity index (χ1v) is 12.1. The van der Waals surface area contributed by atoms with Gasteiger partial charge < -0.3 is 24.5 Å². The van der Waals surface area contributed by atoms with Crippen LogP contribution in [0, 0.1) is 5.92 Å². The van der Waals surface area contributed by atoms with Gasteiger partial charge >= 0.3 is 6.03 Å². The Kier molecular flexibility index (Phi) is 7.53. The molecule has 10 heteroatoms. The number of aliphatic hydroxyl groups excluding tert-OH is 1. The average Bonchev–Trinajstić information content (AvgIpc) is 3.37. The van der Waals surface area contributed by atoms with E-state index >= 15 is 0 Å². The lowest BCUT2D eigenvalue weighted by Crippen LogP contribution is -2.42. The summed E-state index contributed by atoms with van der Waals surface area (Å²) in [6.07, 6.45) is 10.8. The number of amides is 2. The standard InChI is InChI=1S/C24H31ClN6O3/c1-4-31(24(33)29-19-11-16(19)7-5-6-10-32)15(2)18-12-17(21(34-3)13-27-18)20-14-30-9-8-26-23(30)22(25)28-20/h8-9,12-16,19,32H,4-7,10-11H2,1-3H3,(H,29,33)/t15-,16?,19?/m1/s1. The molecular weight excluding hydrogens is 456 g/mol. The van der Waals surface area contributed by atoms with Crippen molar-refractivity contribution >= 4 is 23.3 Å². The van der Waals surface area contributed by atoms with Crippen LogP contribution in [0.1, 0.15) is 51.3 Å². The Hall–Kier alpha value is -2.91. The molecule has 3 aromatic rings. The third-order valence-electron chi connectivity index (χ3n) is 6.43. The molecule has 0 spiro atoms. The number of fused-ring (bicyclic) bond motifs is 1. The summed E-state index contributed by atoms with van der Waals surface area (Å²) in [6, 6.07) is 1.76. The predicted octanol–water partition coefficient (Wildman–Crippen LogP) is 4.10. The normalized spacial score (nSPS) is 18.0. The van der Waals surface area contributed by atoms with Crippen molar-refractivity contribution in [3.63, 3.8) is 0 Å². The van der Waals surface area contributed by atoms with Gasteiger partial charge in [-0.3, -0.25) is 4.98 Å². The molecule has 1 saturated carbocycles. The fraction of sp³-hybridized carbons (Fsp3) is 0.500. The van der Waals surface area contributed by atoms with Crippen molar-refractivity contribution in [2.75, 3.05) is 20.3 Å². The molecule has 1 aliphatic rings. The zero-order chi connectivity index (χ0) is 24.2. The van der Waals surface area contributed by atoms with Crippen LogP contribution in [0.5, 0.6) is 5.75 Å². The Morgan fingerprint density at radius 1 is 1.41 bits per heavy atom. The number of carbonyl (C=O) groups excluding carboxylic acids is 1. The second-order valence-corrected chi connectivity index (χ2v) is 8.98. The van der Waals surface area contributed by atoms with Gasteiger partial charge in [0.1, 0.15) is 5.75 Å². The monoisotopic (exact) mass is 486 g/mol. The van der Waals surface area contributed by atoms with Crippen LogP contribution in [0.25, 0.3) is 16.9 Å². The molecule has 2 unspecified atom stereocenters. The number of carbonyl (C=O) groups is 1. The Morgan fingerprint density at radius 3 is 2.97 bits per heavy atom. The van der Waals surface area contributed by atoms with E-state index in [1.807, 2.05) is 36.7 Å². The average molecular weight is 487 g/mol. The molecule has 3 atom stereocenters. The minimum atomic E-state index is -0.256. The molecule has 1 aliphatic carbocycles. The molecule has 0 aromatic carbocycles. The summed E-state index contributed by atoms with van der Waals surface area (Å²) in [5, 5.41) is 12.4. The maximum atomic E-state index is 13.0. The number of aliphatic hydroxyl groups is 1. The van der Waals surface area contributed by atoms with Gasteiger partial charge in [-0.05, 0) is 45.1 Å². The van der Waals surface area contributed by atoms with E-state index in [1.54, 1.807) is 24.4 Å². The highest BCUT2D eigenvalue weighted by atomic mass is 35.5. The van der Waals surface area contributed by atoms with Gasteiger partial charge in [-0.2, -0.15) is 0 Å². The highest BCUT2D eigenvalue weighted by Crippen LogP contribution is 2.36. The van der Waals surface area contributed by atoms with Gasteiger partial charge in [0.2, 0.25) is 0 Å². The van der Waals surface area contributed by atoms with E-state index in [0.717, 1.165) is 36.9 Å². The second kappa shape index (κ2) is 10.6. The number of pyridine rings is 1. The Bertz CT molecular complexity index is 1150. The van der Waals surface area contributed by atoms with Gasteiger partial charge in [0.15, 0.2) is 10.8 Å². The maximum absolute atomic E-state index is 13.0. The van der Waals surface area contributed by atoms with E-state index in [9.17, 15) is 4.79 Å². The van der Waals surface area contributed by atoms with Crippen LogP contribution in [0.3, 0.4) is 0 Å². The van der Waals surface area contributed by atoms with Crippen LogP contribution in [-0.2, 0) is 0 Å². The Labute approximate surface area is 204 Å². The first kappa shape index (κ1) is 24.2. The van der Waals surface area contributed by atoms with E-state index in [2.05, 4.69) is 20.3 Å². The lowest BCUT2D eigenvalue weighted by molar-refractivity contribution is 0.180. The van der Waals surface area contributed by atoms with Crippen molar-refractivity contribution < 1.29 is 14.6 Å². The molecule has 3 aromatic heterocycles. The summed E-state index contributed by atoms with van der Waals surface area (Å²) in [5.74, 6) is 1.07. The molecule has 9 nitrogen and oxygen atoms in total. The molecule has 34 heavy (non-hydrogen) atoms. The largest absolute Gasteiger partial charge is 0.494 e. The van der Waals surface area contributed by atoms with E-state index in [4.69, 9.17) is 21.4 Å².